The van der Waals surface area contributed by atoms with Crippen LogP contribution in [0.15, 0.2) is 53.7 Å². The summed E-state index contributed by atoms with van der Waals surface area (Å²) in [7, 11) is 0. The molecule has 5 rings (SSSR count). The van der Waals surface area contributed by atoms with Gasteiger partial charge in [0.15, 0.2) is 5.82 Å². The Morgan fingerprint density at radius 2 is 1.91 bits per heavy atom. The molecule has 1 aliphatic heterocycles. The summed E-state index contributed by atoms with van der Waals surface area (Å²) in [5, 5.41) is 0.932. The van der Waals surface area contributed by atoms with Crippen LogP contribution in [0.2, 0.25) is 0 Å². The van der Waals surface area contributed by atoms with E-state index in [1.54, 1.807) is 23.2 Å². The van der Waals surface area contributed by atoms with Crippen LogP contribution in [0.4, 0.5) is 5.82 Å². The highest BCUT2D eigenvalue weighted by Gasteiger charge is 2.26. The van der Waals surface area contributed by atoms with Crippen LogP contribution >= 0.6 is 0 Å². The Labute approximate surface area is 185 Å². The molecule has 1 N–H and O–H groups in total. The second-order valence-electron chi connectivity index (χ2n) is 8.64. The van der Waals surface area contributed by atoms with Gasteiger partial charge in [0.2, 0.25) is 0 Å². The number of carbonyl (C=O) groups is 1. The molecule has 4 heterocycles. The van der Waals surface area contributed by atoms with Gasteiger partial charge in [-0.1, -0.05) is 32.0 Å². The summed E-state index contributed by atoms with van der Waals surface area (Å²) in [4.78, 5) is 42.3. The highest BCUT2D eigenvalue weighted by molar-refractivity contribution is 6.06. The van der Waals surface area contributed by atoms with Crippen LogP contribution in [-0.2, 0) is 6.54 Å². The van der Waals surface area contributed by atoms with E-state index in [0.29, 0.717) is 50.0 Å². The standard InChI is InChI=1S/C24H26N6O2/c1-16(2)15-30-21-14-25-8-7-20(21)27-22(24(30)32)28-9-11-29(12-10-28)23(31)18-13-26-19-6-4-3-5-17(18)19/h3-8,13-14,16,26H,9-12,15H2,1-2H3. The van der Waals surface area contributed by atoms with E-state index in [9.17, 15) is 9.59 Å². The minimum Gasteiger partial charge on any atom is -0.360 e. The lowest BCUT2D eigenvalue weighted by molar-refractivity contribution is 0.0748. The van der Waals surface area contributed by atoms with Crippen LogP contribution < -0.4 is 10.5 Å². The number of piperazine rings is 1. The Bertz CT molecular complexity index is 1350. The average Bonchev–Trinajstić information content (AvgIpc) is 3.24. The first-order chi connectivity index (χ1) is 15.5. The fourth-order valence-corrected chi connectivity index (χ4v) is 4.37. The number of hydrogen-bond acceptors (Lipinski definition) is 5. The van der Waals surface area contributed by atoms with E-state index >= 15 is 0 Å². The summed E-state index contributed by atoms with van der Waals surface area (Å²) >= 11 is 0. The van der Waals surface area contributed by atoms with E-state index in [-0.39, 0.29) is 11.5 Å². The van der Waals surface area contributed by atoms with Gasteiger partial charge in [-0.25, -0.2) is 4.98 Å². The lowest BCUT2D eigenvalue weighted by atomic mass is 10.1. The first-order valence-electron chi connectivity index (χ1n) is 11.0. The third-order valence-electron chi connectivity index (χ3n) is 5.97. The van der Waals surface area contributed by atoms with E-state index < -0.39 is 0 Å². The van der Waals surface area contributed by atoms with Gasteiger partial charge in [0.05, 0.1) is 22.8 Å². The molecule has 1 fully saturated rings. The number of nitrogens with zero attached hydrogens (tertiary/aromatic N) is 5. The van der Waals surface area contributed by atoms with Crippen LogP contribution in [0, 0.1) is 5.92 Å². The number of amides is 1. The predicted molar refractivity (Wildman–Crippen MR) is 125 cm³/mol. The van der Waals surface area contributed by atoms with Crippen molar-refractivity contribution in [2.45, 2.75) is 20.4 Å². The van der Waals surface area contributed by atoms with Crippen molar-refractivity contribution in [3.8, 4) is 0 Å². The molecule has 4 aromatic rings. The molecule has 1 saturated heterocycles. The quantitative estimate of drug-likeness (QED) is 0.538. The summed E-state index contributed by atoms with van der Waals surface area (Å²) < 4.78 is 1.78. The zero-order valence-electron chi connectivity index (χ0n) is 18.3. The van der Waals surface area contributed by atoms with Gasteiger partial charge < -0.3 is 19.4 Å². The second-order valence-corrected chi connectivity index (χ2v) is 8.64. The number of benzene rings is 1. The lowest BCUT2D eigenvalue weighted by Crippen LogP contribution is -2.50. The maximum atomic E-state index is 13.3. The molecular formula is C24H26N6O2. The van der Waals surface area contributed by atoms with Gasteiger partial charge in [-0.3, -0.25) is 14.6 Å². The van der Waals surface area contributed by atoms with Gasteiger partial charge >= 0.3 is 0 Å². The van der Waals surface area contributed by atoms with E-state index in [4.69, 9.17) is 0 Å². The molecule has 0 atom stereocenters. The van der Waals surface area contributed by atoms with E-state index in [0.717, 1.165) is 21.9 Å². The van der Waals surface area contributed by atoms with Crippen molar-refractivity contribution in [1.82, 2.24) is 24.4 Å². The van der Waals surface area contributed by atoms with Gasteiger partial charge in [0.1, 0.15) is 0 Å². The number of fused-ring (bicyclic) bond motifs is 2. The molecular weight excluding hydrogens is 404 g/mol. The normalized spacial score (nSPS) is 14.6. The minimum atomic E-state index is -0.101. The first-order valence-corrected chi connectivity index (χ1v) is 11.0. The topological polar surface area (TPSA) is 87.1 Å². The predicted octanol–water partition coefficient (Wildman–Crippen LogP) is 2.89. The number of hydrogen-bond donors (Lipinski definition) is 1. The highest BCUT2D eigenvalue weighted by atomic mass is 16.2. The van der Waals surface area contributed by atoms with Crippen molar-refractivity contribution >= 4 is 33.7 Å². The minimum absolute atomic E-state index is 0.0110. The molecule has 1 aromatic carbocycles. The molecule has 1 amide bonds. The molecule has 164 valence electrons. The van der Waals surface area contributed by atoms with Crippen LogP contribution in [0.1, 0.15) is 24.2 Å². The molecule has 0 bridgehead atoms. The molecule has 3 aromatic heterocycles. The number of carbonyl (C=O) groups excluding carboxylic acids is 1. The number of aromatic nitrogens is 4. The molecule has 32 heavy (non-hydrogen) atoms. The molecule has 8 heteroatoms. The van der Waals surface area contributed by atoms with Gasteiger partial charge in [0.25, 0.3) is 11.5 Å². The van der Waals surface area contributed by atoms with Crippen molar-refractivity contribution in [1.29, 1.82) is 0 Å². The summed E-state index contributed by atoms with van der Waals surface area (Å²) in [5.41, 5.74) is 3.05. The largest absolute Gasteiger partial charge is 0.360 e. The molecule has 0 aliphatic carbocycles. The van der Waals surface area contributed by atoms with Gasteiger partial charge in [-0.05, 0) is 18.1 Å². The Morgan fingerprint density at radius 1 is 1.12 bits per heavy atom. The van der Waals surface area contributed by atoms with Crippen molar-refractivity contribution in [2.24, 2.45) is 5.92 Å². The van der Waals surface area contributed by atoms with E-state index in [1.807, 2.05) is 40.1 Å². The number of anilines is 1. The third kappa shape index (κ3) is 3.51. The fourth-order valence-electron chi connectivity index (χ4n) is 4.37. The summed E-state index contributed by atoms with van der Waals surface area (Å²) in [5.74, 6) is 0.775. The lowest BCUT2D eigenvalue weighted by Gasteiger charge is -2.35. The molecule has 0 spiro atoms. The average molecular weight is 431 g/mol. The first kappa shape index (κ1) is 20.2. The van der Waals surface area contributed by atoms with Crippen molar-refractivity contribution in [3.05, 3.63) is 64.8 Å². The van der Waals surface area contributed by atoms with Crippen LogP contribution in [0.25, 0.3) is 21.9 Å². The monoisotopic (exact) mass is 430 g/mol. The van der Waals surface area contributed by atoms with Crippen LogP contribution in [0.5, 0.6) is 0 Å². The number of pyridine rings is 1. The maximum Gasteiger partial charge on any atom is 0.294 e. The van der Waals surface area contributed by atoms with Crippen LogP contribution in [-0.4, -0.2) is 56.5 Å². The molecule has 8 nitrogen and oxygen atoms in total. The molecule has 0 radical (unpaired) electrons. The Morgan fingerprint density at radius 3 is 2.69 bits per heavy atom. The molecule has 0 saturated carbocycles. The van der Waals surface area contributed by atoms with Crippen molar-refractivity contribution in [2.75, 3.05) is 31.1 Å². The summed E-state index contributed by atoms with van der Waals surface area (Å²) in [6, 6.07) is 9.65. The number of aromatic amines is 1. The zero-order chi connectivity index (χ0) is 22.2. The van der Waals surface area contributed by atoms with Gasteiger partial charge in [-0.15, -0.1) is 0 Å². The summed E-state index contributed by atoms with van der Waals surface area (Å²) in [6.07, 6.45) is 5.18. The Balaban J connectivity index is 1.40. The Kier molecular flexibility index (Phi) is 5.13. The smallest absolute Gasteiger partial charge is 0.294 e. The molecule has 1 aliphatic rings. The SMILES string of the molecule is CC(C)Cn1c(=O)c(N2CCN(C(=O)c3c[nH]c4ccccc34)CC2)nc2ccncc21. The van der Waals surface area contributed by atoms with Crippen molar-refractivity contribution in [3.63, 3.8) is 0 Å². The number of nitrogens with one attached hydrogen (secondary N) is 1. The third-order valence-corrected chi connectivity index (χ3v) is 5.97. The van der Waals surface area contributed by atoms with E-state index in [2.05, 4.69) is 28.8 Å². The molecule has 0 unspecified atom stereocenters. The van der Waals surface area contributed by atoms with E-state index in [1.165, 1.54) is 0 Å². The van der Waals surface area contributed by atoms with Crippen LogP contribution in [0.3, 0.4) is 0 Å². The zero-order valence-corrected chi connectivity index (χ0v) is 18.3. The fraction of sp³-hybridized carbons (Fsp3) is 0.333. The highest BCUT2D eigenvalue weighted by Crippen LogP contribution is 2.21. The van der Waals surface area contributed by atoms with Gasteiger partial charge in [0, 0.05) is 56.0 Å². The van der Waals surface area contributed by atoms with Crippen molar-refractivity contribution < 1.29 is 4.79 Å². The summed E-state index contributed by atoms with van der Waals surface area (Å²) in [6.45, 7) is 6.99. The van der Waals surface area contributed by atoms with Gasteiger partial charge in [-0.2, -0.15) is 0 Å². The number of para-hydroxylation sites is 1. The maximum absolute atomic E-state index is 13.3. The number of H-pyrrole nitrogens is 1. The second kappa shape index (κ2) is 8.11. The number of rotatable bonds is 4. The Hall–Kier alpha value is -3.68.